The fourth-order valence-corrected chi connectivity index (χ4v) is 7.10. The molecule has 0 N–H and O–H groups in total. The normalized spacial score (nSPS) is 14.5. The van der Waals surface area contributed by atoms with Crippen molar-refractivity contribution < 1.29 is 107 Å². The van der Waals surface area contributed by atoms with E-state index in [1.165, 1.54) is 12.1 Å². The topological polar surface area (TPSA) is 127 Å². The lowest BCUT2D eigenvalue weighted by Gasteiger charge is -2.23. The first-order valence-corrected chi connectivity index (χ1v) is 17.3. The van der Waals surface area contributed by atoms with Crippen molar-refractivity contribution >= 4 is 22.3 Å². The fourth-order valence-electron chi connectivity index (χ4n) is 7.10. The molecule has 9 nitrogen and oxygen atoms in total. The van der Waals surface area contributed by atoms with Crippen molar-refractivity contribution in [3.8, 4) is 75.0 Å². The smallest absolute Gasteiger partial charge is 0.402 e. The van der Waals surface area contributed by atoms with Crippen LogP contribution in [0, 0.1) is 34.0 Å². The Hall–Kier alpha value is -7.89. The summed E-state index contributed by atoms with van der Waals surface area (Å²) in [4.78, 5) is 0. The highest BCUT2D eigenvalue weighted by Gasteiger charge is 2.46. The number of nitrogens with zero attached hydrogens (tertiary/aromatic N) is 3. The minimum absolute atomic E-state index is 0.129. The van der Waals surface area contributed by atoms with Gasteiger partial charge in [-0.1, -0.05) is 36.4 Å². The van der Waals surface area contributed by atoms with Gasteiger partial charge < -0.3 is 28.4 Å². The maximum absolute atomic E-state index is 13.6. The van der Waals surface area contributed by atoms with Crippen LogP contribution in [-0.2, 0) is 0 Å². The van der Waals surface area contributed by atoms with Crippen molar-refractivity contribution in [3.05, 3.63) is 94.1 Å². The van der Waals surface area contributed by atoms with Gasteiger partial charge in [-0.2, -0.15) is 15.8 Å². The molecule has 4 aromatic rings. The second-order valence-corrected chi connectivity index (χ2v) is 13.2. The van der Waals surface area contributed by atoms with Crippen LogP contribution in [0.15, 0.2) is 71.8 Å². The number of rotatable bonds is 8. The summed E-state index contributed by atoms with van der Waals surface area (Å²) >= 11 is 0. The molecule has 0 aromatic heterocycles. The summed E-state index contributed by atoms with van der Waals surface area (Å²) in [5.41, 5.74) is -6.92. The Morgan fingerprint density at radius 1 is 0.403 bits per heavy atom. The molecule has 0 radical (unpaired) electrons. The van der Waals surface area contributed by atoms with Gasteiger partial charge in [0.05, 0.1) is 6.07 Å². The molecule has 4 aromatic carbocycles. The van der Waals surface area contributed by atoms with Crippen molar-refractivity contribution in [2.24, 2.45) is 0 Å². The first-order valence-electron chi connectivity index (χ1n) is 17.3. The third kappa shape index (κ3) is 10.5. The quantitative estimate of drug-likeness (QED) is 0.125. The Bertz CT molecular complexity index is 2840. The molecule has 0 spiro atoms. The maximum Gasteiger partial charge on any atom is 0.573 e. The third-order valence-electron chi connectivity index (χ3n) is 8.94. The van der Waals surface area contributed by atoms with Gasteiger partial charge in [-0.25, -0.2) is 0 Å². The Balaban J connectivity index is 1.70. The molecule has 0 unspecified atom stereocenters. The van der Waals surface area contributed by atoms with Crippen molar-refractivity contribution in [3.63, 3.8) is 0 Å². The molecule has 0 amide bonds. The van der Waals surface area contributed by atoms with Crippen LogP contribution in [0.2, 0.25) is 0 Å². The third-order valence-corrected chi connectivity index (χ3v) is 8.94. The molecule has 2 aliphatic rings. The van der Waals surface area contributed by atoms with E-state index in [4.69, 9.17) is 0 Å². The van der Waals surface area contributed by atoms with E-state index in [2.05, 4.69) is 28.4 Å². The van der Waals surface area contributed by atoms with Gasteiger partial charge in [-0.05, 0) is 75.7 Å². The molecule has 67 heavy (non-hydrogen) atoms. The number of benzene rings is 4. The Morgan fingerprint density at radius 2 is 0.687 bits per heavy atom. The summed E-state index contributed by atoms with van der Waals surface area (Å²) in [6.07, 6.45) is -35.6. The molecule has 2 aliphatic carbocycles. The highest BCUT2D eigenvalue weighted by atomic mass is 19.4. The number of alkyl halides is 18. The van der Waals surface area contributed by atoms with E-state index in [1.807, 2.05) is 0 Å². The van der Waals surface area contributed by atoms with Gasteiger partial charge in [-0.15, -0.1) is 79.0 Å². The van der Waals surface area contributed by atoms with E-state index >= 15 is 0 Å². The van der Waals surface area contributed by atoms with Crippen LogP contribution >= 0.6 is 0 Å². The minimum atomic E-state index is -5.97. The molecular weight excluding hydrogens is 960 g/mol. The van der Waals surface area contributed by atoms with Crippen LogP contribution in [0.4, 0.5) is 79.0 Å². The molecule has 0 aliphatic heterocycles. The van der Waals surface area contributed by atoms with Crippen LogP contribution in [0.1, 0.15) is 29.2 Å². The first kappa shape index (κ1) is 48.6. The number of ether oxygens (including phenoxy) is 6. The van der Waals surface area contributed by atoms with E-state index in [1.54, 1.807) is 6.07 Å². The van der Waals surface area contributed by atoms with Crippen molar-refractivity contribution in [1.29, 1.82) is 15.8 Å². The van der Waals surface area contributed by atoms with Crippen LogP contribution in [-0.4, -0.2) is 38.2 Å². The summed E-state index contributed by atoms with van der Waals surface area (Å²) in [6.45, 7) is 1.09. The number of nitriles is 3. The number of hydrogen-bond donors (Lipinski definition) is 0. The van der Waals surface area contributed by atoms with E-state index < -0.39 is 117 Å². The fraction of sp³-hybridized carbons (Fsp3) is 0.175. The van der Waals surface area contributed by atoms with Crippen molar-refractivity contribution in [2.45, 2.75) is 45.1 Å². The van der Waals surface area contributed by atoms with Gasteiger partial charge in [0.2, 0.25) is 11.5 Å². The summed E-state index contributed by atoms with van der Waals surface area (Å²) in [5.74, 6) is -12.7. The zero-order chi connectivity index (χ0) is 50.0. The van der Waals surface area contributed by atoms with E-state index in [-0.39, 0.29) is 57.7 Å². The minimum Gasteiger partial charge on any atom is -0.402 e. The molecule has 0 saturated carbocycles. The molecule has 6 rings (SSSR count). The Morgan fingerprint density at radius 3 is 0.970 bits per heavy atom. The van der Waals surface area contributed by atoms with Crippen molar-refractivity contribution in [2.75, 3.05) is 0 Å². The Kier molecular flexibility index (Phi) is 12.0. The highest BCUT2D eigenvalue weighted by molar-refractivity contribution is 6.39. The molecule has 0 bridgehead atoms. The van der Waals surface area contributed by atoms with Crippen LogP contribution < -0.4 is 28.4 Å². The number of hydrogen-bond acceptors (Lipinski definition) is 9. The van der Waals surface area contributed by atoms with E-state index in [9.17, 15) is 94.8 Å². The van der Waals surface area contributed by atoms with Crippen LogP contribution in [0.5, 0.6) is 34.5 Å². The molecular formula is C40H13F18N3O6. The van der Waals surface area contributed by atoms with Gasteiger partial charge in [0.15, 0.2) is 23.0 Å². The van der Waals surface area contributed by atoms with Crippen molar-refractivity contribution in [1.82, 2.24) is 0 Å². The van der Waals surface area contributed by atoms with Crippen LogP contribution in [0.3, 0.4) is 0 Å². The Labute approximate surface area is 359 Å². The molecule has 0 atom stereocenters. The van der Waals surface area contributed by atoms with Gasteiger partial charge in [-0.3, -0.25) is 0 Å². The molecule has 0 heterocycles. The first-order chi connectivity index (χ1) is 30.7. The molecule has 350 valence electrons. The lowest BCUT2D eigenvalue weighted by Crippen LogP contribution is -2.24. The largest absolute Gasteiger partial charge is 0.573 e. The van der Waals surface area contributed by atoms with E-state index in [0.717, 1.165) is 43.3 Å². The molecule has 0 fully saturated rings. The van der Waals surface area contributed by atoms with Gasteiger partial charge in [0.1, 0.15) is 17.7 Å². The van der Waals surface area contributed by atoms with Crippen LogP contribution in [0.25, 0.3) is 44.5 Å². The summed E-state index contributed by atoms with van der Waals surface area (Å²) < 4.78 is 265. The monoisotopic (exact) mass is 973 g/mol. The second kappa shape index (κ2) is 16.5. The average molecular weight is 974 g/mol. The lowest BCUT2D eigenvalue weighted by molar-refractivity contribution is -0.293. The SMILES string of the molecule is C/C(C#N)=C1/C2=C(C(=C(C#N)C#N)c3c2cccc3-c2cc(OC(F)(F)F)c(OC(F)(F)F)c(OC(F)(F)F)c2)c2cccc(-c3cc(OC(F)(F)F)c(OC(F)(F)F)c(OC(F)(F)F)c3)c21. The predicted octanol–water partition coefficient (Wildman–Crippen LogP) is 13.4. The summed E-state index contributed by atoms with van der Waals surface area (Å²) in [5, 5.41) is 30.6. The second-order valence-electron chi connectivity index (χ2n) is 13.2. The summed E-state index contributed by atoms with van der Waals surface area (Å²) in [6, 6.07) is 11.6. The number of halogens is 18. The van der Waals surface area contributed by atoms with Gasteiger partial charge in [0, 0.05) is 27.9 Å². The van der Waals surface area contributed by atoms with Gasteiger partial charge >= 0.3 is 38.2 Å². The molecule has 0 saturated heterocycles. The predicted molar refractivity (Wildman–Crippen MR) is 187 cm³/mol. The zero-order valence-electron chi connectivity index (χ0n) is 31.9. The summed E-state index contributed by atoms with van der Waals surface area (Å²) in [7, 11) is 0. The van der Waals surface area contributed by atoms with Gasteiger partial charge in [0.25, 0.3) is 0 Å². The molecule has 27 heteroatoms. The van der Waals surface area contributed by atoms with E-state index in [0.29, 0.717) is 0 Å². The average Bonchev–Trinajstić information content (AvgIpc) is 3.67. The standard InChI is InChI=1S/C40H13F18N3O6/c1-15(12-59)27-29-19(16-8-23(62-35(41,42)43)33(66-39(53,54)55)24(9-16)63-36(44,45)46)4-2-6-21(29)32-28(18(13-60)14-61)30-20(5-3-7-22(30)31(27)32)17-10-25(64-37(47,48)49)34(67-40(56,57)58)26(11-17)65-38(50,51)52/h2-11H,1H3/b27-15-. The lowest BCUT2D eigenvalue weighted by atomic mass is 9.83. The zero-order valence-corrected chi connectivity index (χ0v) is 31.9. The number of fused-ring (bicyclic) bond motifs is 4. The highest BCUT2D eigenvalue weighted by Crippen LogP contribution is 2.63. The number of allylic oxidation sites excluding steroid dienone is 6. The maximum atomic E-state index is 13.6.